The van der Waals surface area contributed by atoms with Gasteiger partial charge in [0.05, 0.1) is 5.25 Å². The lowest BCUT2D eigenvalue weighted by molar-refractivity contribution is -0.119. The molecule has 1 atom stereocenters. The fourth-order valence-electron chi connectivity index (χ4n) is 2.47. The van der Waals surface area contributed by atoms with Gasteiger partial charge in [-0.2, -0.15) is 0 Å². The van der Waals surface area contributed by atoms with E-state index in [1.165, 1.54) is 23.9 Å². The Hall–Kier alpha value is -1.69. The van der Waals surface area contributed by atoms with Crippen molar-refractivity contribution in [3.05, 3.63) is 30.1 Å². The molecule has 1 aromatic carbocycles. The summed E-state index contributed by atoms with van der Waals surface area (Å²) < 4.78 is 14.8. The molecule has 0 spiro atoms. The van der Waals surface area contributed by atoms with Crippen molar-refractivity contribution in [2.75, 3.05) is 0 Å². The van der Waals surface area contributed by atoms with Crippen LogP contribution in [0.1, 0.15) is 25.7 Å². The summed E-state index contributed by atoms with van der Waals surface area (Å²) in [5.74, 6) is 0.710. The van der Waals surface area contributed by atoms with Gasteiger partial charge in [-0.05, 0) is 37.1 Å². The molecule has 0 radical (unpaired) electrons. The number of aromatic nitrogens is 3. The van der Waals surface area contributed by atoms with Gasteiger partial charge in [0.2, 0.25) is 0 Å². The summed E-state index contributed by atoms with van der Waals surface area (Å²) in [5.41, 5.74) is 0.813. The number of rotatable bonds is 3. The summed E-state index contributed by atoms with van der Waals surface area (Å²) in [6.45, 7) is 0. The minimum atomic E-state index is -0.275. The molecule has 4 nitrogen and oxygen atoms in total. The van der Waals surface area contributed by atoms with Crippen molar-refractivity contribution in [2.24, 2.45) is 7.05 Å². The Bertz CT molecular complexity index is 653. The van der Waals surface area contributed by atoms with Crippen LogP contribution in [0, 0.1) is 5.82 Å². The molecule has 110 valence electrons. The smallest absolute Gasteiger partial charge is 0.191 e. The second-order valence-corrected chi connectivity index (χ2v) is 6.36. The minimum absolute atomic E-state index is 0.0114. The van der Waals surface area contributed by atoms with Gasteiger partial charge in [0.1, 0.15) is 11.6 Å². The summed E-state index contributed by atoms with van der Waals surface area (Å²) in [6.07, 6.45) is 3.66. The molecule has 6 heteroatoms. The van der Waals surface area contributed by atoms with Crippen molar-refractivity contribution >= 4 is 17.5 Å². The molecule has 1 aromatic heterocycles. The Morgan fingerprint density at radius 2 is 2.00 bits per heavy atom. The van der Waals surface area contributed by atoms with Crippen LogP contribution in [0.5, 0.6) is 0 Å². The number of halogens is 1. The van der Waals surface area contributed by atoms with Crippen LogP contribution in [0.2, 0.25) is 0 Å². The monoisotopic (exact) mass is 305 g/mol. The predicted molar refractivity (Wildman–Crippen MR) is 79.5 cm³/mol. The van der Waals surface area contributed by atoms with Crippen LogP contribution in [0.4, 0.5) is 4.39 Å². The molecule has 0 amide bonds. The maximum Gasteiger partial charge on any atom is 0.191 e. The van der Waals surface area contributed by atoms with Crippen LogP contribution in [-0.4, -0.2) is 25.8 Å². The number of hydrogen-bond donors (Lipinski definition) is 0. The van der Waals surface area contributed by atoms with Gasteiger partial charge < -0.3 is 4.57 Å². The van der Waals surface area contributed by atoms with Crippen LogP contribution >= 0.6 is 11.8 Å². The first-order valence-electron chi connectivity index (χ1n) is 7.00. The van der Waals surface area contributed by atoms with Crippen molar-refractivity contribution in [2.45, 2.75) is 36.1 Å². The normalized spacial score (nSPS) is 19.0. The van der Waals surface area contributed by atoms with E-state index in [1.807, 2.05) is 11.6 Å². The van der Waals surface area contributed by atoms with E-state index in [9.17, 15) is 9.18 Å². The van der Waals surface area contributed by atoms with E-state index in [2.05, 4.69) is 10.2 Å². The van der Waals surface area contributed by atoms with Crippen molar-refractivity contribution in [3.8, 4) is 11.4 Å². The zero-order chi connectivity index (χ0) is 14.8. The number of Topliss-reactive ketones (excluding diaryl/α,β-unsaturated/α-hetero) is 1. The molecule has 0 bridgehead atoms. The lowest BCUT2D eigenvalue weighted by Crippen LogP contribution is -2.21. The van der Waals surface area contributed by atoms with Gasteiger partial charge in [0.25, 0.3) is 0 Å². The average Bonchev–Trinajstić information content (AvgIpc) is 2.84. The summed E-state index contributed by atoms with van der Waals surface area (Å²) in [7, 11) is 1.87. The lowest BCUT2D eigenvalue weighted by atomic mass is 9.99. The van der Waals surface area contributed by atoms with E-state index in [0.717, 1.165) is 30.0 Å². The molecule has 3 rings (SSSR count). The van der Waals surface area contributed by atoms with Gasteiger partial charge in [-0.25, -0.2) is 4.39 Å². The van der Waals surface area contributed by atoms with Gasteiger partial charge in [0, 0.05) is 19.0 Å². The highest BCUT2D eigenvalue weighted by Crippen LogP contribution is 2.31. The SMILES string of the molecule is Cn1c(SC2CCCCC2=O)nnc1-c1ccc(F)cc1. The Morgan fingerprint density at radius 1 is 1.24 bits per heavy atom. The first-order valence-corrected chi connectivity index (χ1v) is 7.88. The predicted octanol–water partition coefficient (Wildman–Crippen LogP) is 3.23. The maximum absolute atomic E-state index is 13.0. The quantitative estimate of drug-likeness (QED) is 0.873. The highest BCUT2D eigenvalue weighted by Gasteiger charge is 2.25. The summed E-state index contributed by atoms with van der Waals surface area (Å²) >= 11 is 1.48. The highest BCUT2D eigenvalue weighted by atomic mass is 32.2. The number of carbonyl (C=O) groups excluding carboxylic acids is 1. The summed E-state index contributed by atoms with van der Waals surface area (Å²) in [6, 6.07) is 6.17. The number of benzene rings is 1. The molecule has 2 aromatic rings. The Balaban J connectivity index is 1.82. The van der Waals surface area contributed by atoms with Crippen LogP contribution < -0.4 is 0 Å². The van der Waals surface area contributed by atoms with Gasteiger partial charge in [-0.15, -0.1) is 10.2 Å². The molecular weight excluding hydrogens is 289 g/mol. The largest absolute Gasteiger partial charge is 0.305 e. The number of thioether (sulfide) groups is 1. The van der Waals surface area contributed by atoms with Gasteiger partial charge in [0.15, 0.2) is 11.0 Å². The maximum atomic E-state index is 13.0. The van der Waals surface area contributed by atoms with Crippen LogP contribution in [0.3, 0.4) is 0 Å². The number of hydrogen-bond acceptors (Lipinski definition) is 4. The average molecular weight is 305 g/mol. The zero-order valence-corrected chi connectivity index (χ0v) is 12.6. The van der Waals surface area contributed by atoms with E-state index in [-0.39, 0.29) is 11.1 Å². The molecule has 0 saturated heterocycles. The summed E-state index contributed by atoms with van der Waals surface area (Å²) in [5, 5.41) is 9.06. The van der Waals surface area contributed by atoms with Crippen LogP contribution in [0.25, 0.3) is 11.4 Å². The number of nitrogens with zero attached hydrogens (tertiary/aromatic N) is 3. The van der Waals surface area contributed by atoms with Crippen LogP contribution in [-0.2, 0) is 11.8 Å². The highest BCUT2D eigenvalue weighted by molar-refractivity contribution is 8.00. The van der Waals surface area contributed by atoms with Crippen molar-refractivity contribution in [3.63, 3.8) is 0 Å². The molecule has 1 aliphatic rings. The lowest BCUT2D eigenvalue weighted by Gasteiger charge is -2.19. The molecule has 1 saturated carbocycles. The molecule has 1 fully saturated rings. The van der Waals surface area contributed by atoms with Crippen molar-refractivity contribution in [1.82, 2.24) is 14.8 Å². The molecule has 21 heavy (non-hydrogen) atoms. The van der Waals surface area contributed by atoms with Crippen molar-refractivity contribution in [1.29, 1.82) is 0 Å². The Labute approximate surface area is 126 Å². The van der Waals surface area contributed by atoms with Crippen LogP contribution in [0.15, 0.2) is 29.4 Å². The fraction of sp³-hybridized carbons (Fsp3) is 0.400. The Kier molecular flexibility index (Phi) is 4.05. The standard InChI is InChI=1S/C15H16FN3OS/c1-19-14(10-6-8-11(16)9-7-10)17-18-15(19)21-13-5-3-2-4-12(13)20/h6-9,13H,2-5H2,1H3. The van der Waals surface area contributed by atoms with E-state index in [1.54, 1.807) is 12.1 Å². The molecule has 0 N–H and O–H groups in total. The molecular formula is C15H16FN3OS. The van der Waals surface area contributed by atoms with Crippen molar-refractivity contribution < 1.29 is 9.18 Å². The minimum Gasteiger partial charge on any atom is -0.305 e. The van der Waals surface area contributed by atoms with E-state index < -0.39 is 0 Å². The van der Waals surface area contributed by atoms with Gasteiger partial charge in [-0.3, -0.25) is 4.79 Å². The topological polar surface area (TPSA) is 47.8 Å². The molecule has 0 aliphatic heterocycles. The van der Waals surface area contributed by atoms with E-state index >= 15 is 0 Å². The third-order valence-corrected chi connectivity index (χ3v) is 5.03. The molecule has 1 heterocycles. The third-order valence-electron chi connectivity index (χ3n) is 3.68. The Morgan fingerprint density at radius 3 is 2.71 bits per heavy atom. The second kappa shape index (κ2) is 5.97. The van der Waals surface area contributed by atoms with Gasteiger partial charge in [-0.1, -0.05) is 18.2 Å². The molecule has 1 aliphatic carbocycles. The first-order chi connectivity index (χ1) is 10.1. The first kappa shape index (κ1) is 14.3. The van der Waals surface area contributed by atoms with E-state index in [4.69, 9.17) is 0 Å². The fourth-order valence-corrected chi connectivity index (χ4v) is 3.59. The second-order valence-electron chi connectivity index (χ2n) is 5.19. The van der Waals surface area contributed by atoms with E-state index in [0.29, 0.717) is 18.0 Å². The van der Waals surface area contributed by atoms with Gasteiger partial charge >= 0.3 is 0 Å². The number of carbonyl (C=O) groups is 1. The summed E-state index contributed by atoms with van der Waals surface area (Å²) in [4.78, 5) is 11.9. The third kappa shape index (κ3) is 3.00. The number of ketones is 1. The zero-order valence-electron chi connectivity index (χ0n) is 11.8. The molecule has 1 unspecified atom stereocenters.